The zero-order valence-electron chi connectivity index (χ0n) is 10.4. The maximum absolute atomic E-state index is 9.53. The van der Waals surface area contributed by atoms with Crippen LogP contribution >= 0.6 is 15.9 Å². The van der Waals surface area contributed by atoms with Crippen molar-refractivity contribution >= 4 is 26.8 Å². The van der Waals surface area contributed by atoms with Crippen LogP contribution in [0, 0.1) is 0 Å². The van der Waals surface area contributed by atoms with Gasteiger partial charge in [-0.05, 0) is 30.2 Å². The van der Waals surface area contributed by atoms with E-state index in [2.05, 4.69) is 32.3 Å². The first kappa shape index (κ1) is 13.5. The van der Waals surface area contributed by atoms with Gasteiger partial charge < -0.3 is 10.4 Å². The summed E-state index contributed by atoms with van der Waals surface area (Å²) >= 11 is 3.57. The Morgan fingerprint density at radius 3 is 3.00 bits per heavy atom. The van der Waals surface area contributed by atoms with Crippen LogP contribution in [0.25, 0.3) is 10.9 Å². The number of halogens is 1. The molecular weight excluding hydrogens is 292 g/mol. The number of aromatic nitrogens is 1. The molecule has 0 saturated carbocycles. The largest absolute Gasteiger partial charge is 0.392 e. The molecule has 2 rings (SSSR count). The molecule has 0 aliphatic heterocycles. The summed E-state index contributed by atoms with van der Waals surface area (Å²) in [5.41, 5.74) is 2.18. The second-order valence-electron chi connectivity index (χ2n) is 4.29. The van der Waals surface area contributed by atoms with Gasteiger partial charge in [0.05, 0.1) is 11.6 Å². The van der Waals surface area contributed by atoms with E-state index in [1.807, 2.05) is 25.1 Å². The van der Waals surface area contributed by atoms with E-state index < -0.39 is 0 Å². The van der Waals surface area contributed by atoms with Gasteiger partial charge in [0, 0.05) is 29.1 Å². The van der Waals surface area contributed by atoms with Crippen LogP contribution in [0.5, 0.6) is 0 Å². The van der Waals surface area contributed by atoms with Crippen LogP contribution < -0.4 is 5.32 Å². The Morgan fingerprint density at radius 1 is 1.39 bits per heavy atom. The van der Waals surface area contributed by atoms with Gasteiger partial charge in [0.1, 0.15) is 0 Å². The molecular formula is C14H17BrN2O. The lowest BCUT2D eigenvalue weighted by atomic mass is 10.1. The summed E-state index contributed by atoms with van der Waals surface area (Å²) < 4.78 is 1.07. The Bertz CT molecular complexity index is 530. The highest BCUT2D eigenvalue weighted by Crippen LogP contribution is 2.25. The molecule has 0 amide bonds. The highest BCUT2D eigenvalue weighted by atomic mass is 79.9. The standard InChI is InChI=1S/C14H17BrN2O/c1-2-10(18)8-16-9-12-11-4-3-7-17-14(11)6-5-13(12)15/h3-7,10,16,18H,2,8-9H2,1H3/t10-/m1/s1. The molecule has 0 radical (unpaired) electrons. The molecule has 1 atom stereocenters. The second-order valence-corrected chi connectivity index (χ2v) is 5.14. The number of rotatable bonds is 5. The Hall–Kier alpha value is -0.970. The molecule has 3 nitrogen and oxygen atoms in total. The predicted octanol–water partition coefficient (Wildman–Crippen LogP) is 2.86. The van der Waals surface area contributed by atoms with Gasteiger partial charge in [-0.1, -0.05) is 28.9 Å². The number of fused-ring (bicyclic) bond motifs is 1. The fourth-order valence-electron chi connectivity index (χ4n) is 1.87. The summed E-state index contributed by atoms with van der Waals surface area (Å²) in [5, 5.41) is 14.0. The third-order valence-electron chi connectivity index (χ3n) is 2.99. The summed E-state index contributed by atoms with van der Waals surface area (Å²) in [6.45, 7) is 3.31. The topological polar surface area (TPSA) is 45.1 Å². The van der Waals surface area contributed by atoms with E-state index in [9.17, 15) is 5.11 Å². The number of nitrogens with one attached hydrogen (secondary N) is 1. The third kappa shape index (κ3) is 3.07. The highest BCUT2D eigenvalue weighted by Gasteiger charge is 2.07. The van der Waals surface area contributed by atoms with Crippen LogP contribution in [0.15, 0.2) is 34.9 Å². The van der Waals surface area contributed by atoms with E-state index >= 15 is 0 Å². The molecule has 0 fully saturated rings. The van der Waals surface area contributed by atoms with Crippen molar-refractivity contribution in [2.45, 2.75) is 26.0 Å². The lowest BCUT2D eigenvalue weighted by Gasteiger charge is -2.12. The fraction of sp³-hybridized carbons (Fsp3) is 0.357. The van der Waals surface area contributed by atoms with Crippen molar-refractivity contribution in [3.63, 3.8) is 0 Å². The molecule has 1 aromatic heterocycles. The van der Waals surface area contributed by atoms with Crippen LogP contribution in [0.2, 0.25) is 0 Å². The summed E-state index contributed by atoms with van der Waals surface area (Å²) in [4.78, 5) is 4.34. The molecule has 2 aromatic rings. The predicted molar refractivity (Wildman–Crippen MR) is 77.4 cm³/mol. The van der Waals surface area contributed by atoms with Crippen LogP contribution in [0.4, 0.5) is 0 Å². The van der Waals surface area contributed by atoms with Crippen molar-refractivity contribution in [3.8, 4) is 0 Å². The van der Waals surface area contributed by atoms with E-state index in [0.717, 1.165) is 28.3 Å². The first-order chi connectivity index (χ1) is 8.72. The lowest BCUT2D eigenvalue weighted by molar-refractivity contribution is 0.167. The molecule has 4 heteroatoms. The quantitative estimate of drug-likeness (QED) is 0.893. The molecule has 0 bridgehead atoms. The Morgan fingerprint density at radius 2 is 2.22 bits per heavy atom. The number of hydrogen-bond acceptors (Lipinski definition) is 3. The first-order valence-corrected chi connectivity index (χ1v) is 6.92. The summed E-state index contributed by atoms with van der Waals surface area (Å²) in [6, 6.07) is 8.03. The Labute approximate surface area is 115 Å². The SMILES string of the molecule is CC[C@@H](O)CNCc1c(Br)ccc2ncccc12. The van der Waals surface area contributed by atoms with Crippen molar-refractivity contribution in [3.05, 3.63) is 40.5 Å². The molecule has 0 spiro atoms. The van der Waals surface area contributed by atoms with Crippen LogP contribution in [0.3, 0.4) is 0 Å². The van der Waals surface area contributed by atoms with Crippen molar-refractivity contribution in [1.82, 2.24) is 10.3 Å². The van der Waals surface area contributed by atoms with Gasteiger partial charge in [0.15, 0.2) is 0 Å². The number of hydrogen-bond donors (Lipinski definition) is 2. The molecule has 0 aliphatic rings. The number of nitrogens with zero attached hydrogens (tertiary/aromatic N) is 1. The molecule has 18 heavy (non-hydrogen) atoms. The van der Waals surface area contributed by atoms with Gasteiger partial charge in [0.25, 0.3) is 0 Å². The third-order valence-corrected chi connectivity index (χ3v) is 3.74. The van der Waals surface area contributed by atoms with E-state index in [1.165, 1.54) is 5.56 Å². The summed E-state index contributed by atoms with van der Waals surface area (Å²) in [7, 11) is 0. The first-order valence-electron chi connectivity index (χ1n) is 6.13. The van der Waals surface area contributed by atoms with Crippen molar-refractivity contribution in [2.75, 3.05) is 6.54 Å². The minimum atomic E-state index is -0.281. The monoisotopic (exact) mass is 308 g/mol. The van der Waals surface area contributed by atoms with Gasteiger partial charge in [-0.3, -0.25) is 4.98 Å². The molecule has 1 aromatic carbocycles. The molecule has 2 N–H and O–H groups in total. The van der Waals surface area contributed by atoms with Gasteiger partial charge >= 0.3 is 0 Å². The minimum absolute atomic E-state index is 0.281. The molecule has 0 saturated heterocycles. The molecule has 0 aliphatic carbocycles. The second kappa shape index (κ2) is 6.27. The van der Waals surface area contributed by atoms with Crippen molar-refractivity contribution in [2.24, 2.45) is 0 Å². The molecule has 1 heterocycles. The van der Waals surface area contributed by atoms with Crippen LogP contribution in [-0.4, -0.2) is 22.7 Å². The summed E-state index contributed by atoms with van der Waals surface area (Å²) in [5.74, 6) is 0. The average Bonchev–Trinajstić information content (AvgIpc) is 2.41. The number of aliphatic hydroxyl groups excluding tert-OH is 1. The van der Waals surface area contributed by atoms with Crippen LogP contribution in [-0.2, 0) is 6.54 Å². The van der Waals surface area contributed by atoms with Gasteiger partial charge in [-0.2, -0.15) is 0 Å². The minimum Gasteiger partial charge on any atom is -0.392 e. The Kier molecular flexibility index (Phi) is 4.69. The van der Waals surface area contributed by atoms with Gasteiger partial charge in [0.2, 0.25) is 0 Å². The van der Waals surface area contributed by atoms with E-state index in [-0.39, 0.29) is 6.10 Å². The van der Waals surface area contributed by atoms with E-state index in [1.54, 1.807) is 6.20 Å². The van der Waals surface area contributed by atoms with Gasteiger partial charge in [-0.15, -0.1) is 0 Å². The van der Waals surface area contributed by atoms with Crippen molar-refractivity contribution < 1.29 is 5.11 Å². The van der Waals surface area contributed by atoms with E-state index in [0.29, 0.717) is 6.54 Å². The van der Waals surface area contributed by atoms with Gasteiger partial charge in [-0.25, -0.2) is 0 Å². The highest BCUT2D eigenvalue weighted by molar-refractivity contribution is 9.10. The number of aliphatic hydroxyl groups is 1. The number of benzene rings is 1. The summed E-state index contributed by atoms with van der Waals surface area (Å²) in [6.07, 6.45) is 2.29. The maximum Gasteiger partial charge on any atom is 0.0706 e. The van der Waals surface area contributed by atoms with Crippen molar-refractivity contribution in [1.29, 1.82) is 0 Å². The Balaban J connectivity index is 2.18. The zero-order chi connectivity index (χ0) is 13.0. The fourth-order valence-corrected chi connectivity index (χ4v) is 2.36. The molecule has 0 unspecified atom stereocenters. The zero-order valence-corrected chi connectivity index (χ0v) is 11.9. The molecule has 96 valence electrons. The van der Waals surface area contributed by atoms with E-state index in [4.69, 9.17) is 0 Å². The number of pyridine rings is 1. The average molecular weight is 309 g/mol. The smallest absolute Gasteiger partial charge is 0.0706 e. The van der Waals surface area contributed by atoms with Crippen LogP contribution in [0.1, 0.15) is 18.9 Å². The normalized spacial score (nSPS) is 12.8. The lowest BCUT2D eigenvalue weighted by Crippen LogP contribution is -2.25. The maximum atomic E-state index is 9.53.